The van der Waals surface area contributed by atoms with Crippen LogP contribution in [0.15, 0.2) is 48.5 Å². The third-order valence-electron chi connectivity index (χ3n) is 4.62. The molecule has 2 aromatic carbocycles. The molecule has 1 amide bonds. The monoisotopic (exact) mass is 421 g/mol. The summed E-state index contributed by atoms with van der Waals surface area (Å²) in [6.45, 7) is 8.17. The summed E-state index contributed by atoms with van der Waals surface area (Å²) in [6.07, 6.45) is 1.20. The van der Waals surface area contributed by atoms with Gasteiger partial charge in [0.15, 0.2) is 0 Å². The Labute approximate surface area is 181 Å². The van der Waals surface area contributed by atoms with E-state index in [1.54, 1.807) is 0 Å². The molecule has 0 aliphatic heterocycles. The van der Waals surface area contributed by atoms with E-state index in [1.807, 2.05) is 69.3 Å². The number of aromatic nitrogens is 1. The van der Waals surface area contributed by atoms with Crippen molar-refractivity contribution in [2.24, 2.45) is 0 Å². The zero-order valence-electron chi connectivity index (χ0n) is 18.2. The van der Waals surface area contributed by atoms with Crippen LogP contribution in [0.5, 0.6) is 5.75 Å². The van der Waals surface area contributed by atoms with Crippen LogP contribution in [0.25, 0.3) is 10.9 Å². The van der Waals surface area contributed by atoms with Gasteiger partial charge in [-0.25, -0.2) is 0 Å². The Hall–Kier alpha value is -3.70. The lowest BCUT2D eigenvalue weighted by Gasteiger charge is -2.27. The highest BCUT2D eigenvalue weighted by atomic mass is 16.5. The van der Waals surface area contributed by atoms with E-state index in [9.17, 15) is 4.79 Å². The average molecular weight is 421 g/mol. The Kier molecular flexibility index (Phi) is 7.88. The minimum atomic E-state index is -0.560. The molecule has 3 aromatic rings. The first-order valence-electron chi connectivity index (χ1n) is 9.90. The standard InChI is InChI=1S/C23H27N3O2.CO2/c1-5-16-9-11-17(12-10-16)22(27)26-23(3,4)14-28-20-8-6-7-19-21(20)18(24)13-15(2)25-19;2-1-3/h6-13H,5,14H2,1-4H3,(H2,24,25)(H,26,27);. The number of amides is 1. The van der Waals surface area contributed by atoms with E-state index in [1.165, 1.54) is 5.56 Å². The zero-order chi connectivity index (χ0) is 23.0. The number of nitrogens with two attached hydrogens (primary N) is 1. The number of ether oxygens (including phenoxy) is 1. The van der Waals surface area contributed by atoms with E-state index in [0.717, 1.165) is 23.0 Å². The maximum Gasteiger partial charge on any atom is 0.373 e. The molecular weight excluding hydrogens is 394 g/mol. The molecular formula is C24H27N3O4. The smallest absolute Gasteiger partial charge is 0.373 e. The van der Waals surface area contributed by atoms with E-state index in [2.05, 4.69) is 17.2 Å². The van der Waals surface area contributed by atoms with Gasteiger partial charge in [0.25, 0.3) is 5.91 Å². The largest absolute Gasteiger partial charge is 0.490 e. The van der Waals surface area contributed by atoms with Crippen molar-refractivity contribution in [1.82, 2.24) is 10.3 Å². The second kappa shape index (κ2) is 10.4. The lowest BCUT2D eigenvalue weighted by molar-refractivity contribution is -0.191. The third-order valence-corrected chi connectivity index (χ3v) is 4.62. The molecule has 162 valence electrons. The number of rotatable bonds is 6. The number of fused-ring (bicyclic) bond motifs is 1. The van der Waals surface area contributed by atoms with Gasteiger partial charge in [-0.1, -0.05) is 25.1 Å². The number of carbonyl (C=O) groups excluding carboxylic acids is 3. The first-order chi connectivity index (χ1) is 14.7. The summed E-state index contributed by atoms with van der Waals surface area (Å²) >= 11 is 0. The highest BCUT2D eigenvalue weighted by Gasteiger charge is 2.23. The lowest BCUT2D eigenvalue weighted by Crippen LogP contribution is -2.47. The number of nitrogens with zero attached hydrogens (tertiary/aromatic N) is 1. The average Bonchev–Trinajstić information content (AvgIpc) is 2.72. The van der Waals surface area contributed by atoms with Crippen LogP contribution in [-0.2, 0) is 16.0 Å². The number of pyridine rings is 1. The summed E-state index contributed by atoms with van der Waals surface area (Å²) < 4.78 is 6.04. The third kappa shape index (κ3) is 6.39. The Morgan fingerprint density at radius 1 is 1.16 bits per heavy atom. The number of benzene rings is 2. The summed E-state index contributed by atoms with van der Waals surface area (Å²) in [5, 5.41) is 3.84. The van der Waals surface area contributed by atoms with E-state index in [-0.39, 0.29) is 12.1 Å². The van der Waals surface area contributed by atoms with Gasteiger partial charge in [-0.2, -0.15) is 9.59 Å². The molecule has 31 heavy (non-hydrogen) atoms. The number of anilines is 1. The topological polar surface area (TPSA) is 111 Å². The number of hydrogen-bond acceptors (Lipinski definition) is 6. The predicted molar refractivity (Wildman–Crippen MR) is 119 cm³/mol. The van der Waals surface area contributed by atoms with Crippen molar-refractivity contribution >= 4 is 28.6 Å². The second-order valence-corrected chi connectivity index (χ2v) is 7.76. The van der Waals surface area contributed by atoms with Gasteiger partial charge < -0.3 is 15.8 Å². The van der Waals surface area contributed by atoms with Gasteiger partial charge in [0.2, 0.25) is 0 Å². The van der Waals surface area contributed by atoms with Crippen LogP contribution in [0.4, 0.5) is 5.69 Å². The summed E-state index contributed by atoms with van der Waals surface area (Å²) in [4.78, 5) is 33.3. The number of hydrogen-bond donors (Lipinski definition) is 2. The summed E-state index contributed by atoms with van der Waals surface area (Å²) in [5.74, 6) is 0.545. The number of nitrogen functional groups attached to an aromatic ring is 1. The molecule has 0 fully saturated rings. The normalized spacial score (nSPS) is 10.6. The Bertz CT molecular complexity index is 1090. The number of nitrogens with one attached hydrogen (secondary N) is 1. The van der Waals surface area contributed by atoms with Crippen molar-refractivity contribution in [1.29, 1.82) is 0 Å². The van der Waals surface area contributed by atoms with Crippen LogP contribution in [0.1, 0.15) is 42.4 Å². The van der Waals surface area contributed by atoms with Crippen molar-refractivity contribution in [3.05, 3.63) is 65.4 Å². The molecule has 0 saturated heterocycles. The summed E-state index contributed by atoms with van der Waals surface area (Å²) in [7, 11) is 0. The molecule has 0 aliphatic rings. The van der Waals surface area contributed by atoms with Crippen molar-refractivity contribution in [3.8, 4) is 5.75 Å². The van der Waals surface area contributed by atoms with Crippen LogP contribution >= 0.6 is 0 Å². The van der Waals surface area contributed by atoms with Gasteiger partial charge in [0.1, 0.15) is 12.4 Å². The van der Waals surface area contributed by atoms with Crippen molar-refractivity contribution in [3.63, 3.8) is 0 Å². The zero-order valence-corrected chi connectivity index (χ0v) is 18.2. The molecule has 0 bridgehead atoms. The van der Waals surface area contributed by atoms with Crippen LogP contribution < -0.4 is 15.8 Å². The van der Waals surface area contributed by atoms with Crippen LogP contribution in [0.3, 0.4) is 0 Å². The molecule has 7 nitrogen and oxygen atoms in total. The van der Waals surface area contributed by atoms with Gasteiger partial charge in [0, 0.05) is 16.9 Å². The van der Waals surface area contributed by atoms with Crippen LogP contribution in [0.2, 0.25) is 0 Å². The van der Waals surface area contributed by atoms with E-state index in [4.69, 9.17) is 20.1 Å². The fraction of sp³-hybridized carbons (Fsp3) is 0.292. The number of carbonyl (C=O) groups is 1. The van der Waals surface area contributed by atoms with Gasteiger partial charge in [-0.05, 0) is 63.1 Å². The molecule has 0 radical (unpaired) electrons. The molecule has 0 atom stereocenters. The van der Waals surface area contributed by atoms with E-state index < -0.39 is 5.54 Å². The molecule has 1 aromatic heterocycles. The van der Waals surface area contributed by atoms with Crippen LogP contribution in [0, 0.1) is 6.92 Å². The highest BCUT2D eigenvalue weighted by molar-refractivity contribution is 5.96. The minimum Gasteiger partial charge on any atom is -0.490 e. The Morgan fingerprint density at radius 3 is 2.42 bits per heavy atom. The molecule has 0 aliphatic carbocycles. The minimum absolute atomic E-state index is 0.119. The fourth-order valence-corrected chi connectivity index (χ4v) is 3.11. The maximum absolute atomic E-state index is 12.6. The summed E-state index contributed by atoms with van der Waals surface area (Å²) in [6, 6.07) is 15.2. The van der Waals surface area contributed by atoms with Gasteiger partial charge in [0.05, 0.1) is 16.4 Å². The van der Waals surface area contributed by atoms with Crippen molar-refractivity contribution in [2.45, 2.75) is 39.7 Å². The Morgan fingerprint density at radius 2 is 1.81 bits per heavy atom. The van der Waals surface area contributed by atoms with Crippen molar-refractivity contribution in [2.75, 3.05) is 12.3 Å². The quantitative estimate of drug-likeness (QED) is 0.628. The SMILES string of the molecule is CCc1ccc(C(=O)NC(C)(C)COc2cccc3nc(C)cc(N)c23)cc1.O=C=O. The summed E-state index contributed by atoms with van der Waals surface area (Å²) in [5.41, 5.74) is 9.77. The van der Waals surface area contributed by atoms with Gasteiger partial charge in [-0.3, -0.25) is 9.78 Å². The molecule has 7 heteroatoms. The second-order valence-electron chi connectivity index (χ2n) is 7.76. The fourth-order valence-electron chi connectivity index (χ4n) is 3.11. The molecule has 3 N–H and O–H groups in total. The molecule has 1 heterocycles. The molecule has 0 saturated carbocycles. The predicted octanol–water partition coefficient (Wildman–Crippen LogP) is 3.69. The first-order valence-corrected chi connectivity index (χ1v) is 9.90. The van der Waals surface area contributed by atoms with Gasteiger partial charge in [-0.15, -0.1) is 0 Å². The van der Waals surface area contributed by atoms with Crippen LogP contribution in [-0.4, -0.2) is 29.2 Å². The maximum atomic E-state index is 12.6. The molecule has 0 spiro atoms. The van der Waals surface area contributed by atoms with Gasteiger partial charge >= 0.3 is 6.15 Å². The van der Waals surface area contributed by atoms with Crippen molar-refractivity contribution < 1.29 is 19.1 Å². The highest BCUT2D eigenvalue weighted by Crippen LogP contribution is 2.30. The van der Waals surface area contributed by atoms with E-state index >= 15 is 0 Å². The molecule has 3 rings (SSSR count). The lowest BCUT2D eigenvalue weighted by atomic mass is 10.0. The number of aryl methyl sites for hydroxylation is 2. The van der Waals surface area contributed by atoms with E-state index in [0.29, 0.717) is 23.6 Å². The first kappa shape index (κ1) is 23.6. The molecule has 0 unspecified atom stereocenters. The Balaban J connectivity index is 0.00000107.